The van der Waals surface area contributed by atoms with Crippen LogP contribution in [0, 0.1) is 12.3 Å². The summed E-state index contributed by atoms with van der Waals surface area (Å²) in [5.41, 5.74) is 2.57. The van der Waals surface area contributed by atoms with E-state index in [4.69, 9.17) is 11.6 Å². The van der Waals surface area contributed by atoms with E-state index in [0.29, 0.717) is 6.54 Å². The van der Waals surface area contributed by atoms with Gasteiger partial charge in [-0.2, -0.15) is 0 Å². The minimum absolute atomic E-state index is 0.164. The van der Waals surface area contributed by atoms with Gasteiger partial charge in [-0.1, -0.05) is 38.4 Å². The van der Waals surface area contributed by atoms with E-state index in [1.54, 1.807) is 0 Å². The van der Waals surface area contributed by atoms with Gasteiger partial charge < -0.3 is 10.4 Å². The molecule has 2 N–H and O–H groups in total. The maximum Gasteiger partial charge on any atom is 0.0669 e. The third kappa shape index (κ3) is 5.85. The molecule has 1 aromatic rings. The first kappa shape index (κ1) is 15.5. The standard InChI is InChI=1S/C15H24ClNO/c1-11-7-13(16)6-5-12(11)9-17-10-14(18)8-15(2,3)4/h5-7,14,17-18H,8-10H2,1-4H3. The van der Waals surface area contributed by atoms with Crippen molar-refractivity contribution in [3.63, 3.8) is 0 Å². The maximum atomic E-state index is 9.89. The highest BCUT2D eigenvalue weighted by atomic mass is 35.5. The summed E-state index contributed by atoms with van der Waals surface area (Å²) >= 11 is 5.91. The van der Waals surface area contributed by atoms with Crippen LogP contribution in [-0.2, 0) is 6.54 Å². The fraction of sp³-hybridized carbons (Fsp3) is 0.600. The van der Waals surface area contributed by atoms with Crippen molar-refractivity contribution >= 4 is 11.6 Å². The first-order valence-corrected chi connectivity index (χ1v) is 6.79. The van der Waals surface area contributed by atoms with Crippen molar-refractivity contribution in [1.29, 1.82) is 0 Å². The van der Waals surface area contributed by atoms with E-state index < -0.39 is 0 Å². The van der Waals surface area contributed by atoms with E-state index >= 15 is 0 Å². The third-order valence-corrected chi connectivity index (χ3v) is 3.08. The van der Waals surface area contributed by atoms with Crippen LogP contribution in [0.15, 0.2) is 18.2 Å². The van der Waals surface area contributed by atoms with Crippen LogP contribution in [0.25, 0.3) is 0 Å². The van der Waals surface area contributed by atoms with Crippen LogP contribution in [0.3, 0.4) is 0 Å². The molecule has 0 radical (unpaired) electrons. The lowest BCUT2D eigenvalue weighted by Gasteiger charge is -2.22. The molecule has 0 aliphatic heterocycles. The predicted octanol–water partition coefficient (Wildman–Crippen LogP) is 3.54. The molecule has 1 atom stereocenters. The second-order valence-electron chi connectivity index (χ2n) is 6.12. The molecule has 0 aliphatic rings. The van der Waals surface area contributed by atoms with Gasteiger partial charge in [0, 0.05) is 18.1 Å². The van der Waals surface area contributed by atoms with Gasteiger partial charge in [0.05, 0.1) is 6.10 Å². The number of benzene rings is 1. The van der Waals surface area contributed by atoms with Crippen molar-refractivity contribution < 1.29 is 5.11 Å². The minimum atomic E-state index is -0.294. The van der Waals surface area contributed by atoms with Gasteiger partial charge >= 0.3 is 0 Å². The number of rotatable bonds is 5. The Morgan fingerprint density at radius 1 is 1.33 bits per heavy atom. The van der Waals surface area contributed by atoms with Gasteiger partial charge in [-0.25, -0.2) is 0 Å². The summed E-state index contributed by atoms with van der Waals surface area (Å²) in [4.78, 5) is 0. The van der Waals surface area contributed by atoms with E-state index in [2.05, 4.69) is 33.0 Å². The van der Waals surface area contributed by atoms with Crippen molar-refractivity contribution in [3.05, 3.63) is 34.3 Å². The van der Waals surface area contributed by atoms with Crippen molar-refractivity contribution in [2.24, 2.45) is 5.41 Å². The van der Waals surface area contributed by atoms with Crippen molar-refractivity contribution in [3.8, 4) is 0 Å². The molecule has 0 fully saturated rings. The molecule has 0 saturated carbocycles. The molecule has 3 heteroatoms. The van der Waals surface area contributed by atoms with Gasteiger partial charge in [0.15, 0.2) is 0 Å². The Labute approximate surface area is 115 Å². The fourth-order valence-electron chi connectivity index (χ4n) is 2.01. The molecule has 1 aromatic carbocycles. The molecule has 2 nitrogen and oxygen atoms in total. The zero-order valence-electron chi connectivity index (χ0n) is 11.8. The lowest BCUT2D eigenvalue weighted by atomic mass is 9.89. The van der Waals surface area contributed by atoms with Crippen LogP contribution in [0.5, 0.6) is 0 Å². The molecule has 0 amide bonds. The molecule has 0 aliphatic carbocycles. The Hall–Kier alpha value is -0.570. The number of hydrogen-bond donors (Lipinski definition) is 2. The number of aliphatic hydroxyl groups excluding tert-OH is 1. The molecule has 1 unspecified atom stereocenters. The topological polar surface area (TPSA) is 32.3 Å². The van der Waals surface area contributed by atoms with Crippen LogP contribution >= 0.6 is 11.6 Å². The van der Waals surface area contributed by atoms with Crippen molar-refractivity contribution in [1.82, 2.24) is 5.32 Å². The summed E-state index contributed by atoms with van der Waals surface area (Å²) in [6, 6.07) is 5.89. The molecule has 102 valence electrons. The average Bonchev–Trinajstić information content (AvgIpc) is 2.18. The number of hydrogen-bond acceptors (Lipinski definition) is 2. The van der Waals surface area contributed by atoms with Crippen molar-refractivity contribution in [2.45, 2.75) is 46.8 Å². The third-order valence-electron chi connectivity index (χ3n) is 2.85. The highest BCUT2D eigenvalue weighted by Gasteiger charge is 2.16. The SMILES string of the molecule is Cc1cc(Cl)ccc1CNCC(O)CC(C)(C)C. The Morgan fingerprint density at radius 2 is 2.00 bits per heavy atom. The van der Waals surface area contributed by atoms with Gasteiger partial charge in [-0.3, -0.25) is 0 Å². The molecule has 0 spiro atoms. The Morgan fingerprint density at radius 3 is 2.56 bits per heavy atom. The fourth-order valence-corrected chi connectivity index (χ4v) is 2.24. The van der Waals surface area contributed by atoms with Crippen LogP contribution in [0.2, 0.25) is 5.02 Å². The smallest absolute Gasteiger partial charge is 0.0669 e. The molecule has 0 saturated heterocycles. The summed E-state index contributed by atoms with van der Waals surface area (Å²) < 4.78 is 0. The monoisotopic (exact) mass is 269 g/mol. The second kappa shape index (κ2) is 6.55. The maximum absolute atomic E-state index is 9.89. The number of aliphatic hydroxyl groups is 1. The summed E-state index contributed by atoms with van der Waals surface area (Å²) in [5.74, 6) is 0. The molecular weight excluding hydrogens is 246 g/mol. The van der Waals surface area contributed by atoms with E-state index in [0.717, 1.165) is 18.0 Å². The summed E-state index contributed by atoms with van der Waals surface area (Å²) in [6.07, 6.45) is 0.511. The van der Waals surface area contributed by atoms with E-state index in [1.807, 2.05) is 18.2 Å². The average molecular weight is 270 g/mol. The lowest BCUT2D eigenvalue weighted by molar-refractivity contribution is 0.119. The van der Waals surface area contributed by atoms with E-state index in [-0.39, 0.29) is 11.5 Å². The van der Waals surface area contributed by atoms with Gasteiger partial charge in [0.25, 0.3) is 0 Å². The van der Waals surface area contributed by atoms with Gasteiger partial charge in [0.1, 0.15) is 0 Å². The molecule has 1 rings (SSSR count). The Bertz CT molecular complexity index is 385. The molecule has 0 heterocycles. The highest BCUT2D eigenvalue weighted by molar-refractivity contribution is 6.30. The quantitative estimate of drug-likeness (QED) is 0.857. The highest BCUT2D eigenvalue weighted by Crippen LogP contribution is 2.20. The minimum Gasteiger partial charge on any atom is -0.392 e. The summed E-state index contributed by atoms with van der Waals surface area (Å²) in [7, 11) is 0. The summed E-state index contributed by atoms with van der Waals surface area (Å²) in [6.45, 7) is 9.86. The van der Waals surface area contributed by atoms with E-state index in [9.17, 15) is 5.11 Å². The van der Waals surface area contributed by atoms with Crippen LogP contribution in [-0.4, -0.2) is 17.8 Å². The van der Waals surface area contributed by atoms with Crippen LogP contribution in [0.4, 0.5) is 0 Å². The lowest BCUT2D eigenvalue weighted by Crippen LogP contribution is -2.30. The molecule has 0 bridgehead atoms. The van der Waals surface area contributed by atoms with Crippen LogP contribution < -0.4 is 5.32 Å². The normalized spacial score (nSPS) is 13.7. The van der Waals surface area contributed by atoms with Gasteiger partial charge in [0.2, 0.25) is 0 Å². The largest absolute Gasteiger partial charge is 0.392 e. The predicted molar refractivity (Wildman–Crippen MR) is 78.0 cm³/mol. The zero-order valence-corrected chi connectivity index (χ0v) is 12.5. The molecule has 18 heavy (non-hydrogen) atoms. The van der Waals surface area contributed by atoms with E-state index in [1.165, 1.54) is 11.1 Å². The Kier molecular flexibility index (Phi) is 5.64. The number of aryl methyl sites for hydroxylation is 1. The molecular formula is C15H24ClNO. The van der Waals surface area contributed by atoms with Gasteiger partial charge in [-0.15, -0.1) is 0 Å². The van der Waals surface area contributed by atoms with Crippen molar-refractivity contribution in [2.75, 3.05) is 6.54 Å². The van der Waals surface area contributed by atoms with Gasteiger partial charge in [-0.05, 0) is 42.0 Å². The Balaban J connectivity index is 2.37. The second-order valence-corrected chi connectivity index (χ2v) is 6.56. The van der Waals surface area contributed by atoms with Crippen LogP contribution in [0.1, 0.15) is 38.3 Å². The summed E-state index contributed by atoms with van der Waals surface area (Å²) in [5, 5.41) is 14.0. The number of nitrogens with one attached hydrogen (secondary N) is 1. The number of halogens is 1. The first-order valence-electron chi connectivity index (χ1n) is 6.42. The first-order chi connectivity index (χ1) is 8.28. The molecule has 0 aromatic heterocycles. The zero-order chi connectivity index (χ0) is 13.8.